The van der Waals surface area contributed by atoms with E-state index in [0.717, 1.165) is 51.7 Å². The molecular weight excluding hydrogens is 218 g/mol. The molecule has 98 valence electrons. The van der Waals surface area contributed by atoms with Gasteiger partial charge >= 0.3 is 5.97 Å². The van der Waals surface area contributed by atoms with E-state index in [4.69, 9.17) is 9.47 Å². The molecule has 1 heterocycles. The van der Waals surface area contributed by atoms with E-state index in [1.54, 1.807) is 0 Å². The van der Waals surface area contributed by atoms with Gasteiger partial charge in [-0.15, -0.1) is 0 Å². The molecule has 0 spiro atoms. The third kappa shape index (κ3) is 2.99. The highest BCUT2D eigenvalue weighted by Gasteiger charge is 2.40. The predicted octanol–water partition coefficient (Wildman–Crippen LogP) is 1.63. The molecule has 0 aromatic carbocycles. The van der Waals surface area contributed by atoms with Crippen LogP contribution in [0.1, 0.15) is 44.9 Å². The summed E-state index contributed by atoms with van der Waals surface area (Å²) in [4.78, 5) is 12.0. The van der Waals surface area contributed by atoms with Crippen LogP contribution in [-0.4, -0.2) is 37.9 Å². The smallest absolute Gasteiger partial charge is 0.326 e. The lowest BCUT2D eigenvalue weighted by Gasteiger charge is -2.36. The third-order valence-corrected chi connectivity index (χ3v) is 3.98. The standard InChI is InChI=1S/C13H23NO3/c1-16-12(15)13(7-3-2-4-8-13)14-10-11-6-5-9-17-11/h11,14H,2-10H2,1H3. The molecule has 17 heavy (non-hydrogen) atoms. The number of hydrogen-bond donors (Lipinski definition) is 1. The van der Waals surface area contributed by atoms with E-state index in [1.165, 1.54) is 13.5 Å². The second-order valence-corrected chi connectivity index (χ2v) is 5.15. The van der Waals surface area contributed by atoms with Gasteiger partial charge in [-0.05, 0) is 25.7 Å². The summed E-state index contributed by atoms with van der Waals surface area (Å²) in [5.41, 5.74) is -0.445. The quantitative estimate of drug-likeness (QED) is 0.760. The maximum atomic E-state index is 12.0. The first-order chi connectivity index (χ1) is 8.27. The van der Waals surface area contributed by atoms with Crippen LogP contribution in [0.4, 0.5) is 0 Å². The maximum absolute atomic E-state index is 12.0. The highest BCUT2D eigenvalue weighted by molar-refractivity contribution is 5.80. The number of methoxy groups -OCH3 is 1. The molecule has 0 bridgehead atoms. The van der Waals surface area contributed by atoms with Crippen molar-refractivity contribution in [2.24, 2.45) is 0 Å². The fourth-order valence-corrected chi connectivity index (χ4v) is 2.92. The molecule has 2 rings (SSSR count). The Morgan fingerprint density at radius 1 is 1.35 bits per heavy atom. The first-order valence-electron chi connectivity index (χ1n) is 6.72. The molecule has 4 heteroatoms. The Kier molecular flexibility index (Phi) is 4.40. The van der Waals surface area contributed by atoms with Gasteiger partial charge in [0, 0.05) is 13.2 Å². The first-order valence-corrected chi connectivity index (χ1v) is 6.72. The van der Waals surface area contributed by atoms with E-state index in [-0.39, 0.29) is 12.1 Å². The molecular formula is C13H23NO3. The van der Waals surface area contributed by atoms with Crippen LogP contribution in [0, 0.1) is 0 Å². The van der Waals surface area contributed by atoms with Gasteiger partial charge in [-0.3, -0.25) is 10.1 Å². The zero-order valence-electron chi connectivity index (χ0n) is 10.7. The summed E-state index contributed by atoms with van der Waals surface area (Å²) in [7, 11) is 1.48. The molecule has 0 aromatic rings. The van der Waals surface area contributed by atoms with Gasteiger partial charge in [0.15, 0.2) is 0 Å². The van der Waals surface area contributed by atoms with E-state index < -0.39 is 5.54 Å². The van der Waals surface area contributed by atoms with Crippen molar-refractivity contribution in [2.45, 2.75) is 56.6 Å². The lowest BCUT2D eigenvalue weighted by atomic mass is 9.81. The SMILES string of the molecule is COC(=O)C1(NCC2CCCO2)CCCCC1. The van der Waals surface area contributed by atoms with Gasteiger partial charge in [-0.2, -0.15) is 0 Å². The van der Waals surface area contributed by atoms with Crippen LogP contribution >= 0.6 is 0 Å². The Morgan fingerprint density at radius 3 is 2.71 bits per heavy atom. The summed E-state index contributed by atoms with van der Waals surface area (Å²) in [5.74, 6) is -0.102. The summed E-state index contributed by atoms with van der Waals surface area (Å²) >= 11 is 0. The second kappa shape index (κ2) is 5.83. The van der Waals surface area contributed by atoms with Crippen LogP contribution in [0.5, 0.6) is 0 Å². The minimum Gasteiger partial charge on any atom is -0.468 e. The molecule has 1 atom stereocenters. The van der Waals surface area contributed by atoms with Crippen LogP contribution in [-0.2, 0) is 14.3 Å². The van der Waals surface area contributed by atoms with E-state index in [2.05, 4.69) is 5.32 Å². The largest absolute Gasteiger partial charge is 0.468 e. The average Bonchev–Trinajstić information content (AvgIpc) is 2.89. The zero-order valence-corrected chi connectivity index (χ0v) is 10.7. The number of carbonyl (C=O) groups excluding carboxylic acids is 1. The number of ether oxygens (including phenoxy) is 2. The highest BCUT2D eigenvalue weighted by Crippen LogP contribution is 2.29. The van der Waals surface area contributed by atoms with Crippen molar-refractivity contribution in [3.05, 3.63) is 0 Å². The molecule has 0 amide bonds. The molecule has 1 saturated heterocycles. The van der Waals surface area contributed by atoms with Crippen LogP contribution < -0.4 is 5.32 Å². The van der Waals surface area contributed by atoms with Gasteiger partial charge in [0.25, 0.3) is 0 Å². The molecule has 2 fully saturated rings. The molecule has 0 aromatic heterocycles. The summed E-state index contributed by atoms with van der Waals surface area (Å²) in [6.07, 6.45) is 7.74. The van der Waals surface area contributed by atoms with Crippen LogP contribution in [0.25, 0.3) is 0 Å². The van der Waals surface area contributed by atoms with E-state index >= 15 is 0 Å². The second-order valence-electron chi connectivity index (χ2n) is 5.15. The van der Waals surface area contributed by atoms with Gasteiger partial charge in [0.05, 0.1) is 13.2 Å². The molecule has 1 N–H and O–H groups in total. The topological polar surface area (TPSA) is 47.6 Å². The number of nitrogens with one attached hydrogen (secondary N) is 1. The van der Waals surface area contributed by atoms with Crippen molar-refractivity contribution >= 4 is 5.97 Å². The van der Waals surface area contributed by atoms with Crippen molar-refractivity contribution < 1.29 is 14.3 Å². The normalized spacial score (nSPS) is 27.9. The van der Waals surface area contributed by atoms with Crippen molar-refractivity contribution in [3.63, 3.8) is 0 Å². The molecule has 2 aliphatic rings. The first kappa shape index (κ1) is 12.8. The minimum absolute atomic E-state index is 0.102. The van der Waals surface area contributed by atoms with E-state index in [1.807, 2.05) is 0 Å². The molecule has 4 nitrogen and oxygen atoms in total. The van der Waals surface area contributed by atoms with Gasteiger partial charge in [-0.25, -0.2) is 0 Å². The highest BCUT2D eigenvalue weighted by atomic mass is 16.5. The summed E-state index contributed by atoms with van der Waals surface area (Å²) < 4.78 is 10.6. The van der Waals surface area contributed by atoms with E-state index in [9.17, 15) is 4.79 Å². The summed E-state index contributed by atoms with van der Waals surface area (Å²) in [6.45, 7) is 1.63. The average molecular weight is 241 g/mol. The molecule has 1 aliphatic heterocycles. The molecule has 1 unspecified atom stereocenters. The Labute approximate surface area is 103 Å². The van der Waals surface area contributed by atoms with Crippen LogP contribution in [0.2, 0.25) is 0 Å². The van der Waals surface area contributed by atoms with Crippen molar-refractivity contribution in [1.29, 1.82) is 0 Å². The summed E-state index contributed by atoms with van der Waals surface area (Å²) in [6, 6.07) is 0. The Balaban J connectivity index is 1.92. The van der Waals surface area contributed by atoms with Crippen molar-refractivity contribution in [2.75, 3.05) is 20.3 Å². The van der Waals surface area contributed by atoms with E-state index in [0.29, 0.717) is 0 Å². The Hall–Kier alpha value is -0.610. The van der Waals surface area contributed by atoms with Crippen molar-refractivity contribution in [1.82, 2.24) is 5.32 Å². The Bertz CT molecular complexity index is 255. The lowest BCUT2D eigenvalue weighted by molar-refractivity contribution is -0.150. The Morgan fingerprint density at radius 2 is 2.12 bits per heavy atom. The molecule has 0 radical (unpaired) electrons. The lowest BCUT2D eigenvalue weighted by Crippen LogP contribution is -2.55. The number of hydrogen-bond acceptors (Lipinski definition) is 4. The number of carbonyl (C=O) groups is 1. The van der Waals surface area contributed by atoms with Crippen LogP contribution in [0.15, 0.2) is 0 Å². The monoisotopic (exact) mass is 241 g/mol. The predicted molar refractivity (Wildman–Crippen MR) is 64.8 cm³/mol. The van der Waals surface area contributed by atoms with Crippen molar-refractivity contribution in [3.8, 4) is 0 Å². The minimum atomic E-state index is -0.445. The molecule has 1 saturated carbocycles. The fraction of sp³-hybridized carbons (Fsp3) is 0.923. The van der Waals surface area contributed by atoms with Gasteiger partial charge in [0.1, 0.15) is 5.54 Å². The van der Waals surface area contributed by atoms with Gasteiger partial charge in [0.2, 0.25) is 0 Å². The summed E-state index contributed by atoms with van der Waals surface area (Å²) in [5, 5.41) is 3.43. The van der Waals surface area contributed by atoms with Gasteiger partial charge < -0.3 is 9.47 Å². The third-order valence-electron chi connectivity index (χ3n) is 3.98. The zero-order chi connectivity index (χ0) is 12.1. The number of esters is 1. The molecule has 1 aliphatic carbocycles. The maximum Gasteiger partial charge on any atom is 0.326 e. The number of rotatable bonds is 4. The van der Waals surface area contributed by atoms with Gasteiger partial charge in [-0.1, -0.05) is 19.3 Å². The fourth-order valence-electron chi connectivity index (χ4n) is 2.92. The van der Waals surface area contributed by atoms with Crippen LogP contribution in [0.3, 0.4) is 0 Å².